The maximum absolute atomic E-state index is 12.6. The molecule has 27 heavy (non-hydrogen) atoms. The van der Waals surface area contributed by atoms with Crippen LogP contribution in [0.4, 0.5) is 5.69 Å². The van der Waals surface area contributed by atoms with Gasteiger partial charge in [0, 0.05) is 44.0 Å². The van der Waals surface area contributed by atoms with Crippen LogP contribution in [-0.2, 0) is 11.4 Å². The van der Waals surface area contributed by atoms with Crippen LogP contribution < -0.4 is 19.7 Å². The fourth-order valence-electron chi connectivity index (χ4n) is 3.67. The molecule has 0 bridgehead atoms. The van der Waals surface area contributed by atoms with E-state index in [9.17, 15) is 4.55 Å². The van der Waals surface area contributed by atoms with E-state index in [1.165, 1.54) is 36.3 Å². The summed E-state index contributed by atoms with van der Waals surface area (Å²) in [5.74, 6) is 0.824. The molecule has 1 unspecified atom stereocenters. The van der Waals surface area contributed by atoms with Gasteiger partial charge in [-0.2, -0.15) is 0 Å². The van der Waals surface area contributed by atoms with Gasteiger partial charge in [-0.3, -0.25) is 0 Å². The summed E-state index contributed by atoms with van der Waals surface area (Å²) in [6, 6.07) is 12.4. The summed E-state index contributed by atoms with van der Waals surface area (Å²) < 4.78 is 22.7. The fraction of sp³-hybridized carbons (Fsp3) is 0.500. The van der Waals surface area contributed by atoms with Gasteiger partial charge in [-0.05, 0) is 42.4 Å². The lowest BCUT2D eigenvalue weighted by molar-refractivity contribution is 0.412. The molecule has 0 amide bonds. The standard InChI is InChI=1S/C20H27N3O2S2/c24-27(22-16-5-2-1-3-6-16)20-10-9-19(26-20)25-18-8-4-7-17(15-18)23-13-11-21-12-14-23/h4,7-10,15-16,21-22H,1-3,5-6,11-14H2. The predicted octanol–water partition coefficient (Wildman–Crippen LogP) is 3.89. The van der Waals surface area contributed by atoms with Crippen LogP contribution in [0, 0.1) is 0 Å². The van der Waals surface area contributed by atoms with E-state index in [4.69, 9.17) is 4.74 Å². The number of benzene rings is 1. The molecule has 2 fully saturated rings. The SMILES string of the molecule is [O-][S+](NC1CCCCC1)c1ccc(Oc2cccc(N3CCNCC3)c2)s1. The molecule has 5 nitrogen and oxygen atoms in total. The van der Waals surface area contributed by atoms with Gasteiger partial charge in [0.2, 0.25) is 4.21 Å². The van der Waals surface area contributed by atoms with E-state index in [1.54, 1.807) is 0 Å². The first-order valence-electron chi connectivity index (χ1n) is 9.79. The highest BCUT2D eigenvalue weighted by atomic mass is 32.2. The zero-order chi connectivity index (χ0) is 18.5. The largest absolute Gasteiger partial charge is 0.592 e. The Labute approximate surface area is 168 Å². The molecule has 0 spiro atoms. The summed E-state index contributed by atoms with van der Waals surface area (Å²) >= 11 is 0.304. The first-order chi connectivity index (χ1) is 13.3. The van der Waals surface area contributed by atoms with Crippen molar-refractivity contribution < 1.29 is 9.29 Å². The van der Waals surface area contributed by atoms with Crippen molar-refractivity contribution in [1.82, 2.24) is 10.0 Å². The molecule has 4 rings (SSSR count). The van der Waals surface area contributed by atoms with Gasteiger partial charge in [-0.1, -0.05) is 25.3 Å². The van der Waals surface area contributed by atoms with Crippen molar-refractivity contribution in [1.29, 1.82) is 0 Å². The molecule has 7 heteroatoms. The normalized spacial score (nSPS) is 19.8. The quantitative estimate of drug-likeness (QED) is 0.714. The number of thiophene rings is 1. The number of ether oxygens (including phenoxy) is 1. The molecule has 146 valence electrons. The Hall–Kier alpha value is -1.25. The van der Waals surface area contributed by atoms with Gasteiger partial charge in [0.05, 0.1) is 17.4 Å². The van der Waals surface area contributed by atoms with Crippen LogP contribution in [0.1, 0.15) is 32.1 Å². The van der Waals surface area contributed by atoms with Crippen molar-refractivity contribution in [2.45, 2.75) is 42.4 Å². The molecule has 2 N–H and O–H groups in total. The lowest BCUT2D eigenvalue weighted by Gasteiger charge is -2.29. The van der Waals surface area contributed by atoms with Crippen LogP contribution >= 0.6 is 11.3 Å². The Bertz CT molecular complexity index is 728. The minimum atomic E-state index is -1.15. The average molecular weight is 406 g/mol. The van der Waals surface area contributed by atoms with Crippen molar-refractivity contribution in [2.24, 2.45) is 0 Å². The average Bonchev–Trinajstić information content (AvgIpc) is 3.18. The van der Waals surface area contributed by atoms with Crippen molar-refractivity contribution in [3.63, 3.8) is 0 Å². The van der Waals surface area contributed by atoms with E-state index in [0.29, 0.717) is 6.04 Å². The molecule has 2 aliphatic rings. The Kier molecular flexibility index (Phi) is 6.57. The third kappa shape index (κ3) is 5.18. The Balaban J connectivity index is 1.37. The number of nitrogens with one attached hydrogen (secondary N) is 2. The molecule has 1 aromatic heterocycles. The first-order valence-corrected chi connectivity index (χ1v) is 11.8. The van der Waals surface area contributed by atoms with Gasteiger partial charge >= 0.3 is 0 Å². The van der Waals surface area contributed by atoms with Crippen LogP contribution in [0.25, 0.3) is 0 Å². The summed E-state index contributed by atoms with van der Waals surface area (Å²) in [6.45, 7) is 4.05. The summed E-state index contributed by atoms with van der Waals surface area (Å²) in [5, 5.41) is 4.15. The molecule has 1 atom stereocenters. The lowest BCUT2D eigenvalue weighted by atomic mass is 9.96. The van der Waals surface area contributed by atoms with Crippen LogP contribution in [0.15, 0.2) is 40.6 Å². The molecule has 1 aromatic carbocycles. The minimum absolute atomic E-state index is 0.377. The second-order valence-corrected chi connectivity index (χ2v) is 9.65. The highest BCUT2D eigenvalue weighted by molar-refractivity contribution is 7.91. The van der Waals surface area contributed by atoms with Crippen LogP contribution in [0.5, 0.6) is 10.8 Å². The highest BCUT2D eigenvalue weighted by Crippen LogP contribution is 2.34. The van der Waals surface area contributed by atoms with Crippen LogP contribution in [-0.4, -0.2) is 36.8 Å². The number of piperazine rings is 1. The molecule has 1 saturated heterocycles. The zero-order valence-corrected chi connectivity index (χ0v) is 17.1. The van der Waals surface area contributed by atoms with Gasteiger partial charge in [0.25, 0.3) is 0 Å². The molecule has 1 aliphatic carbocycles. The van der Waals surface area contributed by atoms with Crippen molar-refractivity contribution >= 4 is 28.4 Å². The second-order valence-electron chi connectivity index (χ2n) is 7.13. The summed E-state index contributed by atoms with van der Waals surface area (Å²) in [4.78, 5) is 2.37. The number of hydrogen-bond donors (Lipinski definition) is 2. The number of anilines is 1. The van der Waals surface area contributed by atoms with Gasteiger partial charge in [0.15, 0.2) is 5.06 Å². The Morgan fingerprint density at radius 1 is 1.11 bits per heavy atom. The topological polar surface area (TPSA) is 59.6 Å². The Morgan fingerprint density at radius 2 is 1.93 bits per heavy atom. The van der Waals surface area contributed by atoms with E-state index < -0.39 is 11.4 Å². The molecular weight excluding hydrogens is 378 g/mol. The van der Waals surface area contributed by atoms with Crippen LogP contribution in [0.2, 0.25) is 0 Å². The zero-order valence-electron chi connectivity index (χ0n) is 15.5. The smallest absolute Gasteiger partial charge is 0.231 e. The monoisotopic (exact) mass is 405 g/mol. The molecule has 1 aliphatic heterocycles. The summed E-state index contributed by atoms with van der Waals surface area (Å²) in [5.41, 5.74) is 1.19. The lowest BCUT2D eigenvalue weighted by Crippen LogP contribution is -2.43. The van der Waals surface area contributed by atoms with Crippen molar-refractivity contribution in [3.8, 4) is 10.8 Å². The predicted molar refractivity (Wildman–Crippen MR) is 112 cm³/mol. The van der Waals surface area contributed by atoms with Gasteiger partial charge in [-0.25, -0.2) is 0 Å². The summed E-state index contributed by atoms with van der Waals surface area (Å²) in [7, 11) is 0. The maximum Gasteiger partial charge on any atom is 0.231 e. The van der Waals surface area contributed by atoms with Gasteiger partial charge in [0.1, 0.15) is 5.75 Å². The fourth-order valence-corrected chi connectivity index (χ4v) is 5.82. The van der Waals surface area contributed by atoms with Crippen molar-refractivity contribution in [3.05, 3.63) is 36.4 Å². The number of rotatable bonds is 6. The molecule has 1 saturated carbocycles. The first kappa shape index (κ1) is 19.1. The van der Waals surface area contributed by atoms with E-state index >= 15 is 0 Å². The van der Waals surface area contributed by atoms with E-state index in [-0.39, 0.29) is 0 Å². The van der Waals surface area contributed by atoms with Crippen molar-refractivity contribution in [2.75, 3.05) is 31.1 Å². The van der Waals surface area contributed by atoms with E-state index in [1.807, 2.05) is 24.3 Å². The van der Waals surface area contributed by atoms with E-state index in [0.717, 1.165) is 54.0 Å². The number of nitrogens with zero attached hydrogens (tertiary/aromatic N) is 1. The van der Waals surface area contributed by atoms with Gasteiger partial charge in [-0.15, -0.1) is 4.72 Å². The van der Waals surface area contributed by atoms with Gasteiger partial charge < -0.3 is 19.5 Å². The summed E-state index contributed by atoms with van der Waals surface area (Å²) in [6.07, 6.45) is 6.02. The molecule has 0 radical (unpaired) electrons. The van der Waals surface area contributed by atoms with Crippen LogP contribution in [0.3, 0.4) is 0 Å². The minimum Gasteiger partial charge on any atom is -0.592 e. The van der Waals surface area contributed by atoms with E-state index in [2.05, 4.69) is 27.1 Å². The molecular formula is C20H27N3O2S2. The third-order valence-electron chi connectivity index (χ3n) is 5.14. The third-order valence-corrected chi connectivity index (χ3v) is 7.65. The second kappa shape index (κ2) is 9.30. The number of hydrogen-bond acceptors (Lipinski definition) is 6. The Morgan fingerprint density at radius 3 is 2.74 bits per heavy atom. The highest BCUT2D eigenvalue weighted by Gasteiger charge is 2.22. The molecule has 2 aromatic rings. The molecule has 2 heterocycles. The maximum atomic E-state index is 12.6.